The van der Waals surface area contributed by atoms with Gasteiger partial charge < -0.3 is 15.6 Å². The van der Waals surface area contributed by atoms with Crippen LogP contribution in [0.2, 0.25) is 0 Å². The fourth-order valence-electron chi connectivity index (χ4n) is 1.44. The number of aryl methyl sites for hydroxylation is 1. The fourth-order valence-corrected chi connectivity index (χ4v) is 1.44. The lowest BCUT2D eigenvalue weighted by molar-refractivity contribution is 0.399. The van der Waals surface area contributed by atoms with E-state index in [4.69, 9.17) is 15.6 Å². The topological polar surface area (TPSA) is 55.5 Å². The smallest absolute Gasteiger partial charge is 0.127 e. The second-order valence-corrected chi connectivity index (χ2v) is 3.76. The normalized spacial score (nSPS) is 9.33. The Morgan fingerprint density at radius 1 is 0.889 bits per heavy atom. The van der Waals surface area contributed by atoms with Gasteiger partial charge in [0.2, 0.25) is 0 Å². The van der Waals surface area contributed by atoms with E-state index in [9.17, 15) is 0 Å². The predicted octanol–water partition coefficient (Wildman–Crippen LogP) is 2.85. The molecule has 0 bridgehead atoms. The Labute approximate surface area is 108 Å². The number of ether oxygens (including phenoxy) is 1. The van der Waals surface area contributed by atoms with Gasteiger partial charge in [-0.3, -0.25) is 0 Å². The molecule has 2 aromatic carbocycles. The van der Waals surface area contributed by atoms with E-state index >= 15 is 0 Å². The van der Waals surface area contributed by atoms with E-state index in [2.05, 4.69) is 6.92 Å². The molecule has 2 rings (SSSR count). The maximum atomic E-state index is 7.00. The zero-order valence-corrected chi connectivity index (χ0v) is 10.8. The molecule has 2 aromatic rings. The number of hydrogen-bond donors (Lipinski definition) is 2. The molecule has 0 heterocycles. The molecule has 0 atom stereocenters. The lowest BCUT2D eigenvalue weighted by atomic mass is 10.2. The van der Waals surface area contributed by atoms with Gasteiger partial charge in [-0.2, -0.15) is 0 Å². The Bertz CT molecular complexity index is 449. The summed E-state index contributed by atoms with van der Waals surface area (Å²) in [5, 5.41) is 7.00. The van der Waals surface area contributed by atoms with Gasteiger partial charge in [0, 0.05) is 13.7 Å². The van der Waals surface area contributed by atoms with Crippen molar-refractivity contribution in [2.75, 3.05) is 7.11 Å². The maximum Gasteiger partial charge on any atom is 0.127 e. The second kappa shape index (κ2) is 7.48. The van der Waals surface area contributed by atoms with E-state index < -0.39 is 0 Å². The van der Waals surface area contributed by atoms with Gasteiger partial charge in [0.15, 0.2) is 0 Å². The van der Waals surface area contributed by atoms with Crippen LogP contribution in [0.25, 0.3) is 0 Å². The van der Waals surface area contributed by atoms with Gasteiger partial charge in [0.1, 0.15) is 11.5 Å². The van der Waals surface area contributed by atoms with Gasteiger partial charge in [-0.1, -0.05) is 29.8 Å². The zero-order chi connectivity index (χ0) is 13.4. The lowest BCUT2D eigenvalue weighted by Crippen LogP contribution is -1.95. The Morgan fingerprint density at radius 3 is 1.78 bits per heavy atom. The highest BCUT2D eigenvalue weighted by Crippen LogP contribution is 2.21. The van der Waals surface area contributed by atoms with E-state index in [0.717, 1.165) is 24.2 Å². The third-order valence-electron chi connectivity index (χ3n) is 2.42. The molecular weight excluding hydrogens is 226 g/mol. The van der Waals surface area contributed by atoms with E-state index in [1.54, 1.807) is 0 Å². The number of hydrogen-bond acceptors (Lipinski definition) is 3. The summed E-state index contributed by atoms with van der Waals surface area (Å²) in [5.41, 5.74) is 7.86. The van der Waals surface area contributed by atoms with Crippen molar-refractivity contribution >= 4 is 0 Å². The van der Waals surface area contributed by atoms with Gasteiger partial charge in [0.05, 0.1) is 0 Å². The van der Waals surface area contributed by atoms with Crippen LogP contribution >= 0.6 is 0 Å². The first kappa shape index (κ1) is 14.2. The number of nitrogens with two attached hydrogens (primary N) is 1. The predicted molar refractivity (Wildman–Crippen MR) is 73.7 cm³/mol. The van der Waals surface area contributed by atoms with Crippen molar-refractivity contribution in [2.24, 2.45) is 5.73 Å². The van der Waals surface area contributed by atoms with Gasteiger partial charge in [-0.25, -0.2) is 0 Å². The number of benzene rings is 2. The molecular formula is C15H19NO2. The summed E-state index contributed by atoms with van der Waals surface area (Å²) < 4.78 is 5.69. The summed E-state index contributed by atoms with van der Waals surface area (Å²) in [4.78, 5) is 0. The highest BCUT2D eigenvalue weighted by molar-refractivity contribution is 5.34. The van der Waals surface area contributed by atoms with E-state index in [0.29, 0.717) is 6.54 Å². The molecule has 0 saturated heterocycles. The second-order valence-electron chi connectivity index (χ2n) is 3.76. The Morgan fingerprint density at radius 2 is 1.33 bits per heavy atom. The first-order valence-corrected chi connectivity index (χ1v) is 5.76. The van der Waals surface area contributed by atoms with Crippen LogP contribution in [-0.4, -0.2) is 12.2 Å². The highest BCUT2D eigenvalue weighted by atomic mass is 16.5. The van der Waals surface area contributed by atoms with Gasteiger partial charge in [-0.05, 0) is 36.8 Å². The SMILES string of the molecule is CO.Cc1ccc(Oc2ccc(CN)cc2)cc1. The van der Waals surface area contributed by atoms with Crippen molar-refractivity contribution in [2.45, 2.75) is 13.5 Å². The Kier molecular flexibility index (Phi) is 5.91. The fraction of sp³-hybridized carbons (Fsp3) is 0.200. The molecule has 0 saturated carbocycles. The van der Waals surface area contributed by atoms with Crippen molar-refractivity contribution in [3.05, 3.63) is 59.7 Å². The van der Waals surface area contributed by atoms with Crippen molar-refractivity contribution < 1.29 is 9.84 Å². The molecule has 3 N–H and O–H groups in total. The monoisotopic (exact) mass is 245 g/mol. The van der Waals surface area contributed by atoms with Gasteiger partial charge in [0.25, 0.3) is 0 Å². The molecule has 0 aliphatic rings. The van der Waals surface area contributed by atoms with Crippen LogP contribution in [0.3, 0.4) is 0 Å². The van der Waals surface area contributed by atoms with E-state index in [1.807, 2.05) is 48.5 Å². The number of aliphatic hydroxyl groups is 1. The highest BCUT2D eigenvalue weighted by Gasteiger charge is 1.96. The summed E-state index contributed by atoms with van der Waals surface area (Å²) in [6.45, 7) is 2.62. The summed E-state index contributed by atoms with van der Waals surface area (Å²) in [7, 11) is 1.00. The third-order valence-corrected chi connectivity index (χ3v) is 2.42. The van der Waals surface area contributed by atoms with Gasteiger partial charge >= 0.3 is 0 Å². The quantitative estimate of drug-likeness (QED) is 0.874. The Balaban J connectivity index is 0.000000771. The molecule has 0 amide bonds. The molecule has 0 spiro atoms. The van der Waals surface area contributed by atoms with E-state index in [-0.39, 0.29) is 0 Å². The average molecular weight is 245 g/mol. The zero-order valence-electron chi connectivity index (χ0n) is 10.8. The molecule has 0 aromatic heterocycles. The molecule has 96 valence electrons. The molecule has 3 heteroatoms. The minimum absolute atomic E-state index is 0.560. The minimum Gasteiger partial charge on any atom is -0.457 e. The van der Waals surface area contributed by atoms with Crippen molar-refractivity contribution in [3.8, 4) is 11.5 Å². The van der Waals surface area contributed by atoms with Crippen LogP contribution in [0.15, 0.2) is 48.5 Å². The van der Waals surface area contributed by atoms with Crippen LogP contribution in [0, 0.1) is 6.92 Å². The molecule has 0 unspecified atom stereocenters. The Hall–Kier alpha value is -1.84. The summed E-state index contributed by atoms with van der Waals surface area (Å²) >= 11 is 0. The molecule has 3 nitrogen and oxygen atoms in total. The standard InChI is InChI=1S/C14H15NO.CH4O/c1-11-2-6-13(7-3-11)16-14-8-4-12(10-15)5-9-14;1-2/h2-9H,10,15H2,1H3;2H,1H3. The average Bonchev–Trinajstić information content (AvgIpc) is 2.44. The van der Waals surface area contributed by atoms with Crippen molar-refractivity contribution in [1.82, 2.24) is 0 Å². The van der Waals surface area contributed by atoms with Gasteiger partial charge in [-0.15, -0.1) is 0 Å². The maximum absolute atomic E-state index is 7.00. The minimum atomic E-state index is 0.560. The van der Waals surface area contributed by atoms with Crippen LogP contribution in [0.1, 0.15) is 11.1 Å². The van der Waals surface area contributed by atoms with Crippen LogP contribution in [-0.2, 0) is 6.54 Å². The lowest BCUT2D eigenvalue weighted by Gasteiger charge is -2.06. The largest absolute Gasteiger partial charge is 0.457 e. The molecule has 18 heavy (non-hydrogen) atoms. The van der Waals surface area contributed by atoms with Crippen molar-refractivity contribution in [1.29, 1.82) is 0 Å². The van der Waals surface area contributed by atoms with Crippen LogP contribution in [0.5, 0.6) is 11.5 Å². The van der Waals surface area contributed by atoms with Crippen molar-refractivity contribution in [3.63, 3.8) is 0 Å². The summed E-state index contributed by atoms with van der Waals surface area (Å²) in [6.07, 6.45) is 0. The third kappa shape index (κ3) is 4.20. The van der Waals surface area contributed by atoms with E-state index in [1.165, 1.54) is 5.56 Å². The summed E-state index contributed by atoms with van der Waals surface area (Å²) in [6, 6.07) is 15.8. The van der Waals surface area contributed by atoms with Crippen LogP contribution in [0.4, 0.5) is 0 Å². The van der Waals surface area contributed by atoms with Crippen LogP contribution < -0.4 is 10.5 Å². The first-order chi connectivity index (χ1) is 8.78. The number of rotatable bonds is 3. The molecule has 0 fully saturated rings. The molecule has 0 aliphatic heterocycles. The number of aliphatic hydroxyl groups excluding tert-OH is 1. The first-order valence-electron chi connectivity index (χ1n) is 5.76. The summed E-state index contributed by atoms with van der Waals surface area (Å²) in [5.74, 6) is 1.69. The molecule has 0 radical (unpaired) electrons. The molecule has 0 aliphatic carbocycles.